The van der Waals surface area contributed by atoms with E-state index in [0.717, 1.165) is 22.0 Å². The molecule has 8 heteroatoms. The second kappa shape index (κ2) is 7.81. The van der Waals surface area contributed by atoms with Crippen molar-refractivity contribution in [1.82, 2.24) is 19.7 Å². The van der Waals surface area contributed by atoms with Gasteiger partial charge in [0, 0.05) is 42.0 Å². The molecule has 5 rings (SSSR count). The highest BCUT2D eigenvalue weighted by molar-refractivity contribution is 5.96. The van der Waals surface area contributed by atoms with E-state index in [0.29, 0.717) is 12.1 Å². The van der Waals surface area contributed by atoms with Crippen molar-refractivity contribution < 1.29 is 13.9 Å². The maximum Gasteiger partial charge on any atom is 0.341 e. The second-order valence-electron chi connectivity index (χ2n) is 7.57. The van der Waals surface area contributed by atoms with Crippen LogP contribution in [0.5, 0.6) is 0 Å². The van der Waals surface area contributed by atoms with Crippen LogP contribution >= 0.6 is 0 Å². The predicted octanol–water partition coefficient (Wildman–Crippen LogP) is 3.92. The van der Waals surface area contributed by atoms with Crippen LogP contribution in [0.1, 0.15) is 27.4 Å². The Morgan fingerprint density at radius 3 is 2.72 bits per heavy atom. The third kappa shape index (κ3) is 3.35. The fourth-order valence-corrected chi connectivity index (χ4v) is 4.13. The molecule has 1 atom stereocenters. The van der Waals surface area contributed by atoms with E-state index in [1.54, 1.807) is 29.1 Å². The number of halogens is 1. The van der Waals surface area contributed by atoms with Gasteiger partial charge in [-0.05, 0) is 29.3 Å². The minimum absolute atomic E-state index is 0.179. The van der Waals surface area contributed by atoms with Crippen LogP contribution in [0, 0.1) is 5.82 Å². The monoisotopic (exact) mass is 430 g/mol. The van der Waals surface area contributed by atoms with E-state index in [9.17, 15) is 14.0 Å². The van der Waals surface area contributed by atoms with Crippen LogP contribution in [0.2, 0.25) is 0 Å². The van der Waals surface area contributed by atoms with Gasteiger partial charge in [-0.1, -0.05) is 30.3 Å². The SMILES string of the molecule is COC(=O)c1cn(C[C@@H](c2ccc(F)cc2)c2c[nH]c3ccccc23)cc2c(=O)[nH]nc1-2. The smallest absolute Gasteiger partial charge is 0.341 e. The molecule has 0 spiro atoms. The van der Waals surface area contributed by atoms with Gasteiger partial charge in [0.25, 0.3) is 5.56 Å². The predicted molar refractivity (Wildman–Crippen MR) is 117 cm³/mol. The second-order valence-corrected chi connectivity index (χ2v) is 7.57. The first kappa shape index (κ1) is 19.7. The molecule has 2 N–H and O–H groups in total. The number of H-pyrrole nitrogens is 2. The van der Waals surface area contributed by atoms with Crippen LogP contribution in [0.3, 0.4) is 0 Å². The molecule has 2 aromatic carbocycles. The molecule has 2 aliphatic heterocycles. The molecule has 2 aliphatic rings. The minimum atomic E-state index is -0.582. The van der Waals surface area contributed by atoms with Gasteiger partial charge in [0.15, 0.2) is 0 Å². The van der Waals surface area contributed by atoms with Crippen molar-refractivity contribution in [3.63, 3.8) is 0 Å². The van der Waals surface area contributed by atoms with Crippen molar-refractivity contribution in [2.24, 2.45) is 0 Å². The molecule has 0 radical (unpaired) electrons. The number of aromatic amines is 2. The Kier molecular flexibility index (Phi) is 4.82. The summed E-state index contributed by atoms with van der Waals surface area (Å²) >= 11 is 0. The molecular weight excluding hydrogens is 411 g/mol. The van der Waals surface area contributed by atoms with Crippen molar-refractivity contribution in [3.05, 3.63) is 100.0 Å². The van der Waals surface area contributed by atoms with Gasteiger partial charge < -0.3 is 14.3 Å². The Morgan fingerprint density at radius 1 is 1.16 bits per heavy atom. The summed E-state index contributed by atoms with van der Waals surface area (Å²) in [6.07, 6.45) is 5.23. The molecule has 0 saturated heterocycles. The van der Waals surface area contributed by atoms with Crippen molar-refractivity contribution >= 4 is 16.9 Å². The highest BCUT2D eigenvalue weighted by atomic mass is 19.1. The van der Waals surface area contributed by atoms with Crippen LogP contribution in [0.25, 0.3) is 22.2 Å². The maximum absolute atomic E-state index is 13.6. The van der Waals surface area contributed by atoms with Gasteiger partial charge in [-0.3, -0.25) is 4.79 Å². The standard InChI is InChI=1S/C24H19FN4O3/c1-32-24(31)20-13-29(12-19-22(20)27-28-23(19)30)11-18(14-6-8-15(25)9-7-14)17-10-26-21-5-3-2-4-16(17)21/h2-10,12-13,18,26H,11H2,1H3,(H,28,30)/t18-/m0/s1. The van der Waals surface area contributed by atoms with Crippen LogP contribution in [-0.2, 0) is 11.3 Å². The number of rotatable bonds is 5. The summed E-state index contributed by atoms with van der Waals surface area (Å²) in [5.41, 5.74) is 3.28. The summed E-state index contributed by atoms with van der Waals surface area (Å²) < 4.78 is 20.3. The van der Waals surface area contributed by atoms with E-state index in [1.807, 2.05) is 30.5 Å². The zero-order valence-electron chi connectivity index (χ0n) is 17.1. The maximum atomic E-state index is 13.6. The normalized spacial score (nSPS) is 12.3. The topological polar surface area (TPSA) is 92.8 Å². The van der Waals surface area contributed by atoms with Crippen LogP contribution in [0.15, 0.2) is 71.9 Å². The first-order chi connectivity index (χ1) is 15.5. The summed E-state index contributed by atoms with van der Waals surface area (Å²) in [6, 6.07) is 14.3. The Labute approximate surface area is 181 Å². The van der Waals surface area contributed by atoms with Gasteiger partial charge in [-0.25, -0.2) is 14.3 Å². The Morgan fingerprint density at radius 2 is 1.94 bits per heavy atom. The number of hydrogen-bond donors (Lipinski definition) is 2. The lowest BCUT2D eigenvalue weighted by atomic mass is 9.90. The lowest BCUT2D eigenvalue weighted by molar-refractivity contribution is 0.0600. The van der Waals surface area contributed by atoms with E-state index in [2.05, 4.69) is 15.2 Å². The van der Waals surface area contributed by atoms with Crippen molar-refractivity contribution in [3.8, 4) is 11.3 Å². The average Bonchev–Trinajstić information content (AvgIpc) is 3.41. The summed E-state index contributed by atoms with van der Waals surface area (Å²) in [5.74, 6) is -1.08. The molecule has 0 amide bonds. The fraction of sp³-hybridized carbons (Fsp3) is 0.125. The molecule has 0 fully saturated rings. The highest BCUT2D eigenvalue weighted by Gasteiger charge is 2.24. The molecular formula is C24H19FN4O3. The van der Waals surface area contributed by atoms with Gasteiger partial charge in [0.2, 0.25) is 0 Å². The molecule has 0 unspecified atom stereocenters. The average molecular weight is 430 g/mol. The van der Waals surface area contributed by atoms with E-state index in [4.69, 9.17) is 4.74 Å². The van der Waals surface area contributed by atoms with Gasteiger partial charge in [-0.15, -0.1) is 0 Å². The lowest BCUT2D eigenvalue weighted by Gasteiger charge is -2.21. The molecule has 32 heavy (non-hydrogen) atoms. The molecule has 3 aromatic rings. The zero-order valence-corrected chi connectivity index (χ0v) is 17.1. The molecule has 0 bridgehead atoms. The zero-order chi connectivity index (χ0) is 22.2. The number of carbonyl (C=O) groups excluding carboxylic acids is 1. The fourth-order valence-electron chi connectivity index (χ4n) is 4.13. The van der Waals surface area contributed by atoms with E-state index >= 15 is 0 Å². The van der Waals surface area contributed by atoms with Crippen LogP contribution in [-0.4, -0.2) is 32.8 Å². The van der Waals surface area contributed by atoms with Crippen molar-refractivity contribution in [2.45, 2.75) is 12.5 Å². The molecule has 0 saturated carbocycles. The first-order valence-electron chi connectivity index (χ1n) is 10.0. The summed E-state index contributed by atoms with van der Waals surface area (Å²) in [7, 11) is 1.28. The molecule has 1 aromatic heterocycles. The number of carbonyl (C=O) groups is 1. The van der Waals surface area contributed by atoms with Gasteiger partial charge in [-0.2, -0.15) is 5.10 Å². The largest absolute Gasteiger partial charge is 0.465 e. The number of benzene rings is 2. The quantitative estimate of drug-likeness (QED) is 0.414. The number of esters is 1. The number of aromatic nitrogens is 4. The highest BCUT2D eigenvalue weighted by Crippen LogP contribution is 2.33. The van der Waals surface area contributed by atoms with Gasteiger partial charge in [0.1, 0.15) is 17.1 Å². The van der Waals surface area contributed by atoms with Gasteiger partial charge in [0.05, 0.1) is 12.7 Å². The number of pyridine rings is 1. The molecule has 3 heterocycles. The Hall–Kier alpha value is -4.20. The van der Waals surface area contributed by atoms with Crippen molar-refractivity contribution in [1.29, 1.82) is 0 Å². The number of fused-ring (bicyclic) bond motifs is 2. The van der Waals surface area contributed by atoms with Gasteiger partial charge >= 0.3 is 5.97 Å². The number of nitrogens with zero attached hydrogens (tertiary/aromatic N) is 2. The summed E-state index contributed by atoms with van der Waals surface area (Å²) in [5, 5.41) is 7.41. The Balaban J connectivity index is 1.67. The number of para-hydroxylation sites is 1. The van der Waals surface area contributed by atoms with Crippen LogP contribution in [0.4, 0.5) is 4.39 Å². The first-order valence-corrected chi connectivity index (χ1v) is 10.0. The van der Waals surface area contributed by atoms with E-state index in [-0.39, 0.29) is 28.6 Å². The number of hydrogen-bond acceptors (Lipinski definition) is 4. The minimum Gasteiger partial charge on any atom is -0.465 e. The van der Waals surface area contributed by atoms with E-state index < -0.39 is 5.97 Å². The van der Waals surface area contributed by atoms with Crippen molar-refractivity contribution in [2.75, 3.05) is 7.11 Å². The number of nitrogens with one attached hydrogen (secondary N) is 2. The van der Waals surface area contributed by atoms with E-state index in [1.165, 1.54) is 19.2 Å². The number of ether oxygens (including phenoxy) is 1. The van der Waals surface area contributed by atoms with Crippen LogP contribution < -0.4 is 5.56 Å². The summed E-state index contributed by atoms with van der Waals surface area (Å²) in [6.45, 7) is 0.401. The Bertz CT molecular complexity index is 1450. The third-order valence-corrected chi connectivity index (χ3v) is 5.68. The molecule has 7 nitrogen and oxygen atoms in total. The lowest BCUT2D eigenvalue weighted by Crippen LogP contribution is -2.16. The third-order valence-electron chi connectivity index (χ3n) is 5.68. The number of methoxy groups -OCH3 is 1. The summed E-state index contributed by atoms with van der Waals surface area (Å²) in [4.78, 5) is 27.9. The molecule has 160 valence electrons. The molecule has 0 aliphatic carbocycles.